The molecule has 2 heterocycles. The summed E-state index contributed by atoms with van der Waals surface area (Å²) in [4.78, 5) is 67.7. The minimum atomic E-state index is -1.27. The molecule has 1 aromatic carbocycles. The van der Waals surface area contributed by atoms with Crippen molar-refractivity contribution in [1.82, 2.24) is 31.5 Å². The molecule has 1 aromatic rings. The number of benzene rings is 1. The summed E-state index contributed by atoms with van der Waals surface area (Å²) in [6.45, 7) is 6.15. The fraction of sp³-hybridized carbons (Fsp3) is 0.538. The highest BCUT2D eigenvalue weighted by Gasteiger charge is 2.38. The molecular weight excluding hydrogens is 522 g/mol. The molecule has 0 bridgehead atoms. The summed E-state index contributed by atoms with van der Waals surface area (Å²) in [5, 5.41) is 13.7. The lowest BCUT2D eigenvalue weighted by molar-refractivity contribution is -0.157. The van der Waals surface area contributed by atoms with Gasteiger partial charge < -0.3 is 36.1 Å². The van der Waals surface area contributed by atoms with Gasteiger partial charge in [0.1, 0.15) is 30.8 Å². The molecule has 0 saturated carbocycles. The van der Waals surface area contributed by atoms with Crippen LogP contribution < -0.4 is 26.6 Å². The zero-order valence-corrected chi connectivity index (χ0v) is 23.0. The minimum Gasteiger partial charge on any atom is -0.458 e. The molecule has 1 saturated heterocycles. The number of imide groups is 1. The molecule has 218 valence electrons. The first kappa shape index (κ1) is 30.2. The number of nitrogens with zero attached hydrogens (tertiary/aromatic N) is 2. The van der Waals surface area contributed by atoms with Crippen molar-refractivity contribution >= 4 is 35.9 Å². The summed E-state index contributed by atoms with van der Waals surface area (Å²) in [6.07, 6.45) is 0.107. The van der Waals surface area contributed by atoms with E-state index in [1.165, 1.54) is 0 Å². The van der Waals surface area contributed by atoms with Gasteiger partial charge in [-0.25, -0.2) is 14.4 Å². The number of rotatable bonds is 12. The highest BCUT2D eigenvalue weighted by Crippen LogP contribution is 2.11. The minimum absolute atomic E-state index is 0.0187. The molecule has 1 fully saturated rings. The van der Waals surface area contributed by atoms with Gasteiger partial charge in [-0.05, 0) is 39.2 Å². The number of guanidine groups is 1. The number of ether oxygens (including phenoxy) is 2. The summed E-state index contributed by atoms with van der Waals surface area (Å²) in [7, 11) is 0. The highest BCUT2D eigenvalue weighted by molar-refractivity contribution is 6.06. The normalized spacial score (nSPS) is 17.3. The average molecular weight is 560 g/mol. The van der Waals surface area contributed by atoms with Crippen LogP contribution in [0.5, 0.6) is 0 Å². The van der Waals surface area contributed by atoms with Crippen molar-refractivity contribution in [2.75, 3.05) is 32.7 Å². The molecule has 2 atom stereocenters. The lowest BCUT2D eigenvalue weighted by atomic mass is 10.1. The summed E-state index contributed by atoms with van der Waals surface area (Å²) >= 11 is 0. The Hall–Kier alpha value is -4.36. The van der Waals surface area contributed by atoms with Crippen molar-refractivity contribution in [1.29, 1.82) is 0 Å². The molecule has 2 aliphatic heterocycles. The Morgan fingerprint density at radius 3 is 2.60 bits per heavy atom. The molecule has 40 heavy (non-hydrogen) atoms. The van der Waals surface area contributed by atoms with Crippen molar-refractivity contribution in [3.63, 3.8) is 0 Å². The second-order valence-electron chi connectivity index (χ2n) is 10.2. The quantitative estimate of drug-likeness (QED) is 0.134. The molecule has 3 rings (SSSR count). The van der Waals surface area contributed by atoms with Gasteiger partial charge in [0.25, 0.3) is 5.91 Å². The van der Waals surface area contributed by atoms with E-state index in [0.29, 0.717) is 31.9 Å². The largest absolute Gasteiger partial charge is 0.458 e. The predicted octanol–water partition coefficient (Wildman–Crippen LogP) is -0.0113. The van der Waals surface area contributed by atoms with Crippen molar-refractivity contribution < 1.29 is 33.4 Å². The van der Waals surface area contributed by atoms with Crippen LogP contribution in [0.15, 0.2) is 35.3 Å². The van der Waals surface area contributed by atoms with Crippen LogP contribution in [0.2, 0.25) is 0 Å². The molecule has 0 radical (unpaired) electrons. The van der Waals surface area contributed by atoms with Gasteiger partial charge in [-0.15, -0.1) is 0 Å². The summed E-state index contributed by atoms with van der Waals surface area (Å²) in [6, 6.07) is 6.29. The van der Waals surface area contributed by atoms with Crippen molar-refractivity contribution in [2.24, 2.45) is 4.99 Å². The van der Waals surface area contributed by atoms with Gasteiger partial charge in [0.2, 0.25) is 5.91 Å². The maximum atomic E-state index is 12.7. The summed E-state index contributed by atoms with van der Waals surface area (Å²) in [5.74, 6) is -1.28. The number of hydrogen-bond donors (Lipinski definition) is 5. The standard InChI is InChI=1S/C26H37N7O7/c1-26(2,3)40-22(36)19(32-25(38)39-16-17-8-5-4-6-9-17)14-30-20(34)15-33-21(35)18(31-24(33)37)10-7-11-27-23-28-12-13-29-23/h4-6,8-9,18-19H,7,10-16H2,1-3H3,(H,30,34)(H,31,37)(H,32,38)(H2,27,28,29)/t18-,19-/m0/s1. The molecule has 14 heteroatoms. The van der Waals surface area contributed by atoms with Crippen LogP contribution in [-0.2, 0) is 30.5 Å². The fourth-order valence-corrected chi connectivity index (χ4v) is 3.84. The Labute approximate surface area is 232 Å². The summed E-state index contributed by atoms with van der Waals surface area (Å²) < 4.78 is 10.5. The molecule has 0 unspecified atom stereocenters. The molecule has 5 amide bonds. The van der Waals surface area contributed by atoms with E-state index in [-0.39, 0.29) is 13.2 Å². The molecular formula is C26H37N7O7. The van der Waals surface area contributed by atoms with Gasteiger partial charge in [0.05, 0.1) is 6.54 Å². The number of aliphatic imine (C=N–C) groups is 1. The Bertz CT molecular complexity index is 1100. The topological polar surface area (TPSA) is 180 Å². The maximum Gasteiger partial charge on any atom is 0.408 e. The van der Waals surface area contributed by atoms with Crippen molar-refractivity contribution in [3.05, 3.63) is 35.9 Å². The zero-order valence-electron chi connectivity index (χ0n) is 23.0. The molecule has 0 aromatic heterocycles. The molecule has 0 spiro atoms. The fourth-order valence-electron chi connectivity index (χ4n) is 3.84. The Morgan fingerprint density at radius 1 is 1.18 bits per heavy atom. The number of amides is 5. The second kappa shape index (κ2) is 14.1. The average Bonchev–Trinajstić information content (AvgIpc) is 3.51. The van der Waals surface area contributed by atoms with Gasteiger partial charge in [-0.2, -0.15) is 0 Å². The second-order valence-corrected chi connectivity index (χ2v) is 10.2. The third kappa shape index (κ3) is 9.75. The lowest BCUT2D eigenvalue weighted by Crippen LogP contribution is -2.52. The van der Waals surface area contributed by atoms with E-state index in [1.807, 2.05) is 6.07 Å². The third-order valence-corrected chi connectivity index (χ3v) is 5.74. The Balaban J connectivity index is 1.47. The Kier molecular flexibility index (Phi) is 10.7. The van der Waals surface area contributed by atoms with Crippen LogP contribution in [0.1, 0.15) is 39.2 Å². The van der Waals surface area contributed by atoms with E-state index >= 15 is 0 Å². The van der Waals surface area contributed by atoms with Crippen molar-refractivity contribution in [2.45, 2.75) is 57.9 Å². The lowest BCUT2D eigenvalue weighted by Gasteiger charge is -2.24. The van der Waals surface area contributed by atoms with Crippen LogP contribution >= 0.6 is 0 Å². The molecule has 14 nitrogen and oxygen atoms in total. The predicted molar refractivity (Wildman–Crippen MR) is 144 cm³/mol. The van der Waals surface area contributed by atoms with Crippen molar-refractivity contribution in [3.8, 4) is 0 Å². The maximum absolute atomic E-state index is 12.7. The molecule has 0 aliphatic carbocycles. The van der Waals surface area contributed by atoms with Crippen LogP contribution in [0, 0.1) is 0 Å². The molecule has 5 N–H and O–H groups in total. The van der Waals surface area contributed by atoms with E-state index in [0.717, 1.165) is 17.0 Å². The smallest absolute Gasteiger partial charge is 0.408 e. The van der Waals surface area contributed by atoms with Gasteiger partial charge in [0, 0.05) is 19.6 Å². The first-order valence-electron chi connectivity index (χ1n) is 13.1. The van der Waals surface area contributed by atoms with Crippen LogP contribution in [0.3, 0.4) is 0 Å². The van der Waals surface area contributed by atoms with E-state index < -0.39 is 54.1 Å². The summed E-state index contributed by atoms with van der Waals surface area (Å²) in [5.41, 5.74) is -0.0937. The van der Waals surface area contributed by atoms with Gasteiger partial charge >= 0.3 is 18.1 Å². The molecule has 2 aliphatic rings. The van der Waals surface area contributed by atoms with Crippen LogP contribution in [0.25, 0.3) is 0 Å². The Morgan fingerprint density at radius 2 is 1.93 bits per heavy atom. The van der Waals surface area contributed by atoms with Gasteiger partial charge in [-0.3, -0.25) is 19.5 Å². The van der Waals surface area contributed by atoms with E-state index in [1.54, 1.807) is 45.0 Å². The third-order valence-electron chi connectivity index (χ3n) is 5.74. The van der Waals surface area contributed by atoms with E-state index in [4.69, 9.17) is 9.47 Å². The number of alkyl carbamates (subject to hydrolysis) is 1. The number of carbonyl (C=O) groups is 5. The number of carbonyl (C=O) groups excluding carboxylic acids is 5. The van der Waals surface area contributed by atoms with Crippen LogP contribution in [0.4, 0.5) is 9.59 Å². The van der Waals surface area contributed by atoms with E-state index in [9.17, 15) is 24.0 Å². The first-order valence-corrected chi connectivity index (χ1v) is 13.1. The monoisotopic (exact) mass is 559 g/mol. The number of urea groups is 1. The zero-order chi connectivity index (χ0) is 29.1. The number of esters is 1. The van der Waals surface area contributed by atoms with Gasteiger partial charge in [0.15, 0.2) is 5.96 Å². The highest BCUT2D eigenvalue weighted by atomic mass is 16.6. The SMILES string of the molecule is CC(C)(C)OC(=O)[C@H](CNC(=O)CN1C(=O)N[C@@H](CCCNC2=NCCN2)C1=O)NC(=O)OCc1ccccc1. The van der Waals surface area contributed by atoms with Crippen LogP contribution in [-0.4, -0.2) is 91.2 Å². The first-order chi connectivity index (χ1) is 19.0. The van der Waals surface area contributed by atoms with Gasteiger partial charge in [-0.1, -0.05) is 30.3 Å². The van der Waals surface area contributed by atoms with E-state index in [2.05, 4.69) is 31.6 Å². The number of nitrogens with one attached hydrogen (secondary N) is 5. The number of hydrogen-bond acceptors (Lipinski definition) is 10.